The molecule has 1 amide bonds. The Labute approximate surface area is 166 Å². The van der Waals surface area contributed by atoms with E-state index in [-0.39, 0.29) is 11.9 Å². The topological polar surface area (TPSA) is 68.6 Å². The summed E-state index contributed by atoms with van der Waals surface area (Å²) in [4.78, 5) is 17.2. The van der Waals surface area contributed by atoms with Gasteiger partial charge in [0.05, 0.1) is 24.8 Å². The average Bonchev–Trinajstić information content (AvgIpc) is 2.74. The summed E-state index contributed by atoms with van der Waals surface area (Å²) in [5, 5.41) is 11.9. The molecule has 6 nitrogen and oxygen atoms in total. The maximum absolute atomic E-state index is 12.6. The molecule has 0 unspecified atom stereocenters. The van der Waals surface area contributed by atoms with E-state index in [4.69, 9.17) is 10.00 Å². The van der Waals surface area contributed by atoms with Crippen molar-refractivity contribution in [2.45, 2.75) is 19.5 Å². The molecule has 146 valence electrons. The van der Waals surface area contributed by atoms with Crippen molar-refractivity contribution in [3.8, 4) is 11.8 Å². The first-order valence-corrected chi connectivity index (χ1v) is 9.49. The van der Waals surface area contributed by atoms with Crippen LogP contribution in [0.15, 0.2) is 48.5 Å². The van der Waals surface area contributed by atoms with Crippen molar-refractivity contribution in [3.63, 3.8) is 0 Å². The van der Waals surface area contributed by atoms with E-state index < -0.39 is 0 Å². The van der Waals surface area contributed by atoms with Gasteiger partial charge >= 0.3 is 0 Å². The molecule has 1 N–H and O–H groups in total. The van der Waals surface area contributed by atoms with Crippen LogP contribution in [0.5, 0.6) is 5.75 Å². The molecule has 0 radical (unpaired) electrons. The van der Waals surface area contributed by atoms with Crippen LogP contribution in [0.2, 0.25) is 0 Å². The average molecular weight is 378 g/mol. The van der Waals surface area contributed by atoms with Gasteiger partial charge in [0.1, 0.15) is 5.75 Å². The number of carbonyl (C=O) groups excluding carboxylic acids is 1. The monoisotopic (exact) mass is 378 g/mol. The van der Waals surface area contributed by atoms with E-state index in [0.717, 1.165) is 44.2 Å². The minimum atomic E-state index is -0.191. The zero-order valence-electron chi connectivity index (χ0n) is 16.4. The van der Waals surface area contributed by atoms with Gasteiger partial charge in [-0.2, -0.15) is 5.26 Å². The SMILES string of the molecule is COc1cccc(NC(=O)[C@H](C)N2CCN(Cc3ccc(C#N)cc3)CC2)c1. The highest BCUT2D eigenvalue weighted by Gasteiger charge is 2.25. The summed E-state index contributed by atoms with van der Waals surface area (Å²) in [7, 11) is 1.61. The second-order valence-electron chi connectivity index (χ2n) is 7.02. The van der Waals surface area contributed by atoms with Gasteiger partial charge in [-0.25, -0.2) is 0 Å². The molecule has 0 aliphatic carbocycles. The molecule has 1 aliphatic heterocycles. The summed E-state index contributed by atoms with van der Waals surface area (Å²) >= 11 is 0. The zero-order valence-corrected chi connectivity index (χ0v) is 16.4. The highest BCUT2D eigenvalue weighted by atomic mass is 16.5. The third-order valence-corrected chi connectivity index (χ3v) is 5.16. The van der Waals surface area contributed by atoms with Gasteiger partial charge in [-0.15, -0.1) is 0 Å². The first-order chi connectivity index (χ1) is 13.6. The number of nitrogens with one attached hydrogen (secondary N) is 1. The van der Waals surface area contributed by atoms with Crippen LogP contribution in [0.25, 0.3) is 0 Å². The van der Waals surface area contributed by atoms with E-state index in [0.29, 0.717) is 5.56 Å². The van der Waals surface area contributed by atoms with Crippen molar-refractivity contribution >= 4 is 11.6 Å². The Morgan fingerprint density at radius 1 is 1.18 bits per heavy atom. The Morgan fingerprint density at radius 3 is 2.54 bits per heavy atom. The molecular formula is C22H26N4O2. The maximum atomic E-state index is 12.6. The molecule has 3 rings (SSSR count). The molecule has 6 heteroatoms. The van der Waals surface area contributed by atoms with Gasteiger partial charge in [-0.05, 0) is 36.8 Å². The lowest BCUT2D eigenvalue weighted by molar-refractivity contribution is -0.121. The minimum absolute atomic E-state index is 0.00575. The molecule has 1 aliphatic rings. The van der Waals surface area contributed by atoms with E-state index in [1.165, 1.54) is 5.56 Å². The summed E-state index contributed by atoms with van der Waals surface area (Å²) in [5.74, 6) is 0.718. The maximum Gasteiger partial charge on any atom is 0.241 e. The normalized spacial score (nSPS) is 16.2. The van der Waals surface area contributed by atoms with E-state index in [1.54, 1.807) is 7.11 Å². The summed E-state index contributed by atoms with van der Waals surface area (Å²) in [6.45, 7) is 6.34. The van der Waals surface area contributed by atoms with E-state index in [1.807, 2.05) is 55.5 Å². The molecule has 1 heterocycles. The molecule has 1 fully saturated rings. The molecule has 2 aromatic rings. The smallest absolute Gasteiger partial charge is 0.241 e. The van der Waals surface area contributed by atoms with Gasteiger partial charge in [0.15, 0.2) is 0 Å². The summed E-state index contributed by atoms with van der Waals surface area (Å²) in [6.07, 6.45) is 0. The number of rotatable bonds is 6. The number of amides is 1. The second kappa shape index (κ2) is 9.36. The molecule has 0 saturated carbocycles. The Hall–Kier alpha value is -2.88. The van der Waals surface area contributed by atoms with Gasteiger partial charge in [0.25, 0.3) is 0 Å². The van der Waals surface area contributed by atoms with Crippen molar-refractivity contribution in [2.24, 2.45) is 0 Å². The van der Waals surface area contributed by atoms with E-state index >= 15 is 0 Å². The van der Waals surface area contributed by atoms with Crippen LogP contribution < -0.4 is 10.1 Å². The fourth-order valence-corrected chi connectivity index (χ4v) is 3.36. The summed E-state index contributed by atoms with van der Waals surface area (Å²) < 4.78 is 5.20. The molecule has 1 atom stereocenters. The Morgan fingerprint density at radius 2 is 1.89 bits per heavy atom. The quantitative estimate of drug-likeness (QED) is 0.837. The molecule has 0 bridgehead atoms. The number of anilines is 1. The number of hydrogen-bond donors (Lipinski definition) is 1. The highest BCUT2D eigenvalue weighted by molar-refractivity contribution is 5.94. The first-order valence-electron chi connectivity index (χ1n) is 9.49. The number of methoxy groups -OCH3 is 1. The lowest BCUT2D eigenvalue weighted by atomic mass is 10.1. The van der Waals surface area contributed by atoms with Crippen LogP contribution in [0.1, 0.15) is 18.1 Å². The minimum Gasteiger partial charge on any atom is -0.497 e. The third kappa shape index (κ3) is 5.10. The number of carbonyl (C=O) groups is 1. The lowest BCUT2D eigenvalue weighted by Crippen LogP contribution is -2.52. The number of piperazine rings is 1. The van der Waals surface area contributed by atoms with Crippen molar-refractivity contribution < 1.29 is 9.53 Å². The number of nitriles is 1. The Bertz CT molecular complexity index is 836. The molecule has 0 spiro atoms. The van der Waals surface area contributed by atoms with Gasteiger partial charge in [0.2, 0.25) is 5.91 Å². The molecule has 28 heavy (non-hydrogen) atoms. The van der Waals surface area contributed by atoms with Crippen molar-refractivity contribution in [1.29, 1.82) is 5.26 Å². The predicted octanol–water partition coefficient (Wildman–Crippen LogP) is 2.71. The fourth-order valence-electron chi connectivity index (χ4n) is 3.36. The van der Waals surface area contributed by atoms with Crippen LogP contribution >= 0.6 is 0 Å². The standard InChI is InChI=1S/C22H26N4O2/c1-17(22(27)24-20-4-3-5-21(14-20)28-2)26-12-10-25(11-13-26)16-19-8-6-18(15-23)7-9-19/h3-9,14,17H,10-13,16H2,1-2H3,(H,24,27)/t17-/m0/s1. The summed E-state index contributed by atoms with van der Waals surface area (Å²) in [6, 6.07) is 17.1. The van der Waals surface area contributed by atoms with E-state index in [9.17, 15) is 4.79 Å². The highest BCUT2D eigenvalue weighted by Crippen LogP contribution is 2.18. The molecular weight excluding hydrogens is 352 g/mol. The second-order valence-corrected chi connectivity index (χ2v) is 7.02. The Balaban J connectivity index is 1.49. The number of ether oxygens (including phenoxy) is 1. The molecule has 0 aromatic heterocycles. The number of hydrogen-bond acceptors (Lipinski definition) is 5. The van der Waals surface area contributed by atoms with Crippen LogP contribution in [-0.2, 0) is 11.3 Å². The largest absolute Gasteiger partial charge is 0.497 e. The van der Waals surface area contributed by atoms with Crippen LogP contribution in [0, 0.1) is 11.3 Å². The van der Waals surface area contributed by atoms with Crippen LogP contribution in [0.3, 0.4) is 0 Å². The first kappa shape index (κ1) is 19.9. The van der Waals surface area contributed by atoms with E-state index in [2.05, 4.69) is 21.2 Å². The van der Waals surface area contributed by atoms with Crippen molar-refractivity contribution in [2.75, 3.05) is 38.6 Å². The molecule has 1 saturated heterocycles. The number of benzene rings is 2. The fraction of sp³-hybridized carbons (Fsp3) is 0.364. The lowest BCUT2D eigenvalue weighted by Gasteiger charge is -2.37. The number of nitrogens with zero attached hydrogens (tertiary/aromatic N) is 3. The Kier molecular flexibility index (Phi) is 6.64. The van der Waals surface area contributed by atoms with Gasteiger partial charge in [-0.1, -0.05) is 18.2 Å². The van der Waals surface area contributed by atoms with Crippen LogP contribution in [-0.4, -0.2) is 55.0 Å². The van der Waals surface area contributed by atoms with Gasteiger partial charge in [-0.3, -0.25) is 14.6 Å². The van der Waals surface area contributed by atoms with Gasteiger partial charge in [0, 0.05) is 44.5 Å². The van der Waals surface area contributed by atoms with Gasteiger partial charge < -0.3 is 10.1 Å². The zero-order chi connectivity index (χ0) is 19.9. The van der Waals surface area contributed by atoms with Crippen LogP contribution in [0.4, 0.5) is 5.69 Å². The third-order valence-electron chi connectivity index (χ3n) is 5.16. The predicted molar refractivity (Wildman–Crippen MR) is 109 cm³/mol. The van der Waals surface area contributed by atoms with Crippen molar-refractivity contribution in [1.82, 2.24) is 9.80 Å². The molecule has 2 aromatic carbocycles. The summed E-state index contributed by atoms with van der Waals surface area (Å²) in [5.41, 5.74) is 2.64. The van der Waals surface area contributed by atoms with Crippen molar-refractivity contribution in [3.05, 3.63) is 59.7 Å².